The Morgan fingerprint density at radius 1 is 1.26 bits per heavy atom. The molecule has 35 heavy (non-hydrogen) atoms. The van der Waals surface area contributed by atoms with E-state index in [0.29, 0.717) is 47.7 Å². The highest BCUT2D eigenvalue weighted by atomic mass is 35.5. The lowest BCUT2D eigenvalue weighted by Crippen LogP contribution is -2.39. The number of thiophene rings is 1. The summed E-state index contributed by atoms with van der Waals surface area (Å²) in [5.74, 6) is 0.574. The van der Waals surface area contributed by atoms with Crippen LogP contribution in [0.15, 0.2) is 73.3 Å². The van der Waals surface area contributed by atoms with Crippen molar-refractivity contribution < 1.29 is 13.9 Å². The van der Waals surface area contributed by atoms with Gasteiger partial charge in [0.25, 0.3) is 5.56 Å². The third kappa shape index (κ3) is 4.43. The molecule has 0 amide bonds. The van der Waals surface area contributed by atoms with Crippen molar-refractivity contribution in [2.75, 3.05) is 6.61 Å². The molecule has 1 atom stereocenters. The Balaban J connectivity index is 1.62. The SMILES string of the molecule is CCOC(=O)C1=C(C)N=c2s/c(=C/c3ccc(-c4ccc(Cl)cc4Cl)o3)c(=O)n2[C@@H]1c1cccs1. The van der Waals surface area contributed by atoms with Crippen LogP contribution < -0.4 is 14.9 Å². The summed E-state index contributed by atoms with van der Waals surface area (Å²) in [4.78, 5) is 32.3. The van der Waals surface area contributed by atoms with Gasteiger partial charge in [-0.3, -0.25) is 9.36 Å². The van der Waals surface area contributed by atoms with E-state index in [2.05, 4.69) is 4.99 Å². The van der Waals surface area contributed by atoms with Gasteiger partial charge in [0.05, 0.1) is 27.4 Å². The average Bonchev–Trinajstić information content (AvgIpc) is 3.55. The van der Waals surface area contributed by atoms with Crippen LogP contribution in [0, 0.1) is 0 Å². The van der Waals surface area contributed by atoms with E-state index >= 15 is 0 Å². The number of fused-ring (bicyclic) bond motifs is 1. The van der Waals surface area contributed by atoms with E-state index in [1.165, 1.54) is 22.7 Å². The molecular formula is C25H18Cl2N2O4S2. The molecule has 0 bridgehead atoms. The Bertz CT molecular complexity index is 1640. The maximum absolute atomic E-state index is 13.6. The number of rotatable bonds is 5. The molecule has 0 unspecified atom stereocenters. The Morgan fingerprint density at radius 2 is 2.09 bits per heavy atom. The van der Waals surface area contributed by atoms with Gasteiger partial charge in [-0.15, -0.1) is 11.3 Å². The van der Waals surface area contributed by atoms with Crippen LogP contribution in [-0.4, -0.2) is 17.1 Å². The second kappa shape index (κ2) is 9.62. The number of carbonyl (C=O) groups excluding carboxylic acids is 1. The lowest BCUT2D eigenvalue weighted by molar-refractivity contribution is -0.139. The van der Waals surface area contributed by atoms with Gasteiger partial charge < -0.3 is 9.15 Å². The van der Waals surface area contributed by atoms with Gasteiger partial charge >= 0.3 is 5.97 Å². The number of hydrogen-bond acceptors (Lipinski definition) is 7. The summed E-state index contributed by atoms with van der Waals surface area (Å²) >= 11 is 15.0. The van der Waals surface area contributed by atoms with E-state index < -0.39 is 12.0 Å². The molecule has 1 aliphatic rings. The lowest BCUT2D eigenvalue weighted by atomic mass is 10.0. The molecule has 10 heteroatoms. The monoisotopic (exact) mass is 544 g/mol. The molecule has 4 heterocycles. The van der Waals surface area contributed by atoms with Crippen molar-refractivity contribution in [1.82, 2.24) is 4.57 Å². The lowest BCUT2D eigenvalue weighted by Gasteiger charge is -2.23. The Morgan fingerprint density at radius 3 is 2.80 bits per heavy atom. The van der Waals surface area contributed by atoms with Crippen molar-refractivity contribution >= 4 is 57.9 Å². The number of hydrogen-bond donors (Lipinski definition) is 0. The maximum Gasteiger partial charge on any atom is 0.338 e. The zero-order valence-electron chi connectivity index (χ0n) is 18.6. The molecule has 6 nitrogen and oxygen atoms in total. The highest BCUT2D eigenvalue weighted by Crippen LogP contribution is 2.34. The third-order valence-corrected chi connectivity index (χ3v) is 7.88. The summed E-state index contributed by atoms with van der Waals surface area (Å²) < 4.78 is 13.2. The minimum absolute atomic E-state index is 0.232. The predicted octanol–water partition coefficient (Wildman–Crippen LogP) is 5.43. The van der Waals surface area contributed by atoms with E-state index in [-0.39, 0.29) is 12.2 Å². The molecule has 5 rings (SSSR count). The number of allylic oxidation sites excluding steroid dienone is 1. The highest BCUT2D eigenvalue weighted by Gasteiger charge is 2.33. The molecule has 0 saturated heterocycles. The van der Waals surface area contributed by atoms with Crippen LogP contribution in [0.25, 0.3) is 17.4 Å². The summed E-state index contributed by atoms with van der Waals surface area (Å²) in [6, 6.07) is 11.9. The van der Waals surface area contributed by atoms with Crippen LogP contribution in [0.4, 0.5) is 0 Å². The second-order valence-electron chi connectivity index (χ2n) is 7.64. The number of nitrogens with zero attached hydrogens (tertiary/aromatic N) is 2. The molecule has 0 aliphatic carbocycles. The fourth-order valence-electron chi connectivity index (χ4n) is 3.90. The summed E-state index contributed by atoms with van der Waals surface area (Å²) in [6.07, 6.45) is 1.67. The van der Waals surface area contributed by atoms with Gasteiger partial charge in [-0.05, 0) is 55.6 Å². The number of benzene rings is 1. The smallest absolute Gasteiger partial charge is 0.338 e. The predicted molar refractivity (Wildman–Crippen MR) is 139 cm³/mol. The molecular weight excluding hydrogens is 527 g/mol. The van der Waals surface area contributed by atoms with Crippen LogP contribution in [0.3, 0.4) is 0 Å². The van der Waals surface area contributed by atoms with Crippen molar-refractivity contribution in [2.24, 2.45) is 4.99 Å². The number of furan rings is 1. The highest BCUT2D eigenvalue weighted by molar-refractivity contribution is 7.10. The van der Waals surface area contributed by atoms with E-state index in [4.69, 9.17) is 32.4 Å². The molecule has 0 radical (unpaired) electrons. The molecule has 3 aromatic heterocycles. The van der Waals surface area contributed by atoms with E-state index in [0.717, 1.165) is 4.88 Å². The average molecular weight is 545 g/mol. The first kappa shape index (κ1) is 23.8. The van der Waals surface area contributed by atoms with Crippen LogP contribution in [-0.2, 0) is 9.53 Å². The first-order valence-electron chi connectivity index (χ1n) is 10.7. The van der Waals surface area contributed by atoms with Crippen molar-refractivity contribution in [3.8, 4) is 11.3 Å². The van der Waals surface area contributed by atoms with Crippen LogP contribution >= 0.6 is 45.9 Å². The fraction of sp³-hybridized carbons (Fsp3) is 0.160. The normalized spacial score (nSPS) is 15.8. The van der Waals surface area contributed by atoms with Crippen molar-refractivity contribution in [3.63, 3.8) is 0 Å². The number of halogens is 2. The van der Waals surface area contributed by atoms with Crippen LogP contribution in [0.2, 0.25) is 10.0 Å². The topological polar surface area (TPSA) is 73.8 Å². The molecule has 178 valence electrons. The van der Waals surface area contributed by atoms with Crippen LogP contribution in [0.1, 0.15) is 30.5 Å². The fourth-order valence-corrected chi connectivity index (χ4v) is 6.25. The zero-order chi connectivity index (χ0) is 24.7. The van der Waals surface area contributed by atoms with E-state index in [9.17, 15) is 9.59 Å². The molecule has 0 saturated carbocycles. The first-order chi connectivity index (χ1) is 16.9. The minimum Gasteiger partial charge on any atom is -0.463 e. The number of esters is 1. The summed E-state index contributed by atoms with van der Waals surface area (Å²) in [5.41, 5.74) is 1.34. The summed E-state index contributed by atoms with van der Waals surface area (Å²) in [6.45, 7) is 3.74. The van der Waals surface area contributed by atoms with Gasteiger partial charge in [-0.25, -0.2) is 9.79 Å². The van der Waals surface area contributed by atoms with Crippen molar-refractivity contribution in [1.29, 1.82) is 0 Å². The quantitative estimate of drug-likeness (QED) is 0.314. The second-order valence-corrected chi connectivity index (χ2v) is 10.5. The zero-order valence-corrected chi connectivity index (χ0v) is 21.7. The third-order valence-electron chi connectivity index (χ3n) is 5.43. The summed E-state index contributed by atoms with van der Waals surface area (Å²) in [7, 11) is 0. The first-order valence-corrected chi connectivity index (χ1v) is 13.1. The van der Waals surface area contributed by atoms with Crippen molar-refractivity contribution in [2.45, 2.75) is 19.9 Å². The molecule has 0 N–H and O–H groups in total. The van der Waals surface area contributed by atoms with Crippen molar-refractivity contribution in [3.05, 3.63) is 99.5 Å². The van der Waals surface area contributed by atoms with Crippen LogP contribution in [0.5, 0.6) is 0 Å². The number of ether oxygens (including phenoxy) is 1. The standard InChI is InChI=1S/C25H18Cl2N2O4S2/c1-3-32-24(31)21-13(2)28-25-29(22(21)19-5-4-10-34-19)23(30)20(35-25)12-15-7-9-18(33-15)16-8-6-14(26)11-17(16)27/h4-12,22H,3H2,1-2H3/b20-12+/t22-/m1/s1. The molecule has 1 aliphatic heterocycles. The number of carbonyl (C=O) groups is 1. The van der Waals surface area contributed by atoms with Gasteiger partial charge in [-0.1, -0.05) is 40.6 Å². The van der Waals surface area contributed by atoms with Gasteiger partial charge in [0.1, 0.15) is 17.6 Å². The minimum atomic E-state index is -0.604. The van der Waals surface area contributed by atoms with E-state index in [1.807, 2.05) is 17.5 Å². The largest absolute Gasteiger partial charge is 0.463 e. The Labute approximate surface area is 218 Å². The summed E-state index contributed by atoms with van der Waals surface area (Å²) in [5, 5.41) is 2.91. The van der Waals surface area contributed by atoms with Gasteiger partial charge in [0.15, 0.2) is 4.80 Å². The van der Waals surface area contributed by atoms with Gasteiger partial charge in [0.2, 0.25) is 0 Å². The Kier molecular flexibility index (Phi) is 6.55. The molecule has 0 spiro atoms. The molecule has 1 aromatic carbocycles. The van der Waals surface area contributed by atoms with Gasteiger partial charge in [0, 0.05) is 21.5 Å². The van der Waals surface area contributed by atoms with E-state index in [1.54, 1.807) is 54.8 Å². The molecule has 0 fully saturated rings. The van der Waals surface area contributed by atoms with Gasteiger partial charge in [-0.2, -0.15) is 0 Å². The maximum atomic E-state index is 13.6. The molecule has 4 aromatic rings. The Hall–Kier alpha value is -2.91. The number of aromatic nitrogens is 1. The number of thiazole rings is 1.